The highest BCUT2D eigenvalue weighted by molar-refractivity contribution is 6.35. The lowest BCUT2D eigenvalue weighted by Crippen LogP contribution is -2.31. The highest BCUT2D eigenvalue weighted by Gasteiger charge is 2.18. The van der Waals surface area contributed by atoms with Crippen molar-refractivity contribution in [3.05, 3.63) is 69.5 Å². The van der Waals surface area contributed by atoms with Gasteiger partial charge < -0.3 is 10.2 Å². The molecule has 3 nitrogen and oxygen atoms in total. The Hall–Kier alpha value is -1.62. The van der Waals surface area contributed by atoms with Gasteiger partial charge in [-0.25, -0.2) is 4.39 Å². The molecule has 6 heteroatoms. The fourth-order valence-corrected chi connectivity index (χ4v) is 2.69. The van der Waals surface area contributed by atoms with Gasteiger partial charge in [-0.1, -0.05) is 35.3 Å². The molecular weight excluding hydrogens is 350 g/mol. The normalized spacial score (nSPS) is 12.2. The number of carbonyl (C=O) groups is 1. The standard InChI is InChI=1S/C18H19Cl2FN2O/c1-23(2)10-9-17(12-3-6-14(21)7-4-12)22-18(24)15-11-13(19)5-8-16(15)20/h3-8,11,17H,9-10H2,1-2H3,(H,22,24). The monoisotopic (exact) mass is 368 g/mol. The molecule has 2 aromatic rings. The van der Waals surface area contributed by atoms with E-state index in [9.17, 15) is 9.18 Å². The van der Waals surface area contributed by atoms with Crippen LogP contribution >= 0.6 is 23.2 Å². The summed E-state index contributed by atoms with van der Waals surface area (Å²) >= 11 is 12.0. The lowest BCUT2D eigenvalue weighted by molar-refractivity contribution is 0.0933. The van der Waals surface area contributed by atoms with E-state index in [1.165, 1.54) is 18.2 Å². The van der Waals surface area contributed by atoms with E-state index in [-0.39, 0.29) is 17.8 Å². The second-order valence-corrected chi connectivity index (χ2v) is 6.64. The Morgan fingerprint density at radius 3 is 2.46 bits per heavy atom. The predicted octanol–water partition coefficient (Wildman–Crippen LogP) is 4.56. The van der Waals surface area contributed by atoms with Crippen molar-refractivity contribution in [2.45, 2.75) is 12.5 Å². The van der Waals surface area contributed by atoms with E-state index < -0.39 is 0 Å². The molecule has 0 saturated heterocycles. The highest BCUT2D eigenvalue weighted by Crippen LogP contribution is 2.23. The van der Waals surface area contributed by atoms with Gasteiger partial charge in [-0.15, -0.1) is 0 Å². The molecule has 0 spiro atoms. The van der Waals surface area contributed by atoms with Crippen molar-refractivity contribution in [3.8, 4) is 0 Å². The number of amides is 1. The van der Waals surface area contributed by atoms with Crippen LogP contribution < -0.4 is 5.32 Å². The second kappa shape index (κ2) is 8.47. The fraction of sp³-hybridized carbons (Fsp3) is 0.278. The number of benzene rings is 2. The molecule has 0 saturated carbocycles. The van der Waals surface area contributed by atoms with Gasteiger partial charge in [-0.05, 0) is 63.0 Å². The molecule has 1 N–H and O–H groups in total. The molecular formula is C18H19Cl2FN2O. The second-order valence-electron chi connectivity index (χ2n) is 5.79. The van der Waals surface area contributed by atoms with Crippen molar-refractivity contribution in [2.24, 2.45) is 0 Å². The van der Waals surface area contributed by atoms with E-state index >= 15 is 0 Å². The van der Waals surface area contributed by atoms with Crippen LogP contribution in [-0.4, -0.2) is 31.4 Å². The van der Waals surface area contributed by atoms with Crippen molar-refractivity contribution in [3.63, 3.8) is 0 Å². The minimum absolute atomic E-state index is 0.254. The molecule has 1 atom stereocenters. The molecule has 0 aromatic heterocycles. The van der Waals surface area contributed by atoms with Gasteiger partial charge >= 0.3 is 0 Å². The molecule has 24 heavy (non-hydrogen) atoms. The molecule has 0 radical (unpaired) electrons. The molecule has 0 heterocycles. The summed E-state index contributed by atoms with van der Waals surface area (Å²) < 4.78 is 13.2. The van der Waals surface area contributed by atoms with E-state index in [2.05, 4.69) is 5.32 Å². The maximum Gasteiger partial charge on any atom is 0.253 e. The number of rotatable bonds is 6. The molecule has 2 aromatic carbocycles. The van der Waals surface area contributed by atoms with Crippen LogP contribution in [0.5, 0.6) is 0 Å². The van der Waals surface area contributed by atoms with Crippen LogP contribution in [0.15, 0.2) is 42.5 Å². The Morgan fingerprint density at radius 2 is 1.83 bits per heavy atom. The van der Waals surface area contributed by atoms with Gasteiger partial charge in [-0.3, -0.25) is 4.79 Å². The lowest BCUT2D eigenvalue weighted by atomic mass is 10.0. The van der Waals surface area contributed by atoms with Gasteiger partial charge in [0, 0.05) is 5.02 Å². The Kier molecular flexibility index (Phi) is 6.60. The Labute approximate surface area is 151 Å². The Balaban J connectivity index is 2.22. The number of carbonyl (C=O) groups excluding carboxylic acids is 1. The maximum atomic E-state index is 13.2. The molecule has 2 rings (SSSR count). The average Bonchev–Trinajstić information content (AvgIpc) is 2.54. The van der Waals surface area contributed by atoms with Gasteiger partial charge in [0.25, 0.3) is 5.91 Å². The van der Waals surface area contributed by atoms with Crippen molar-refractivity contribution in [1.82, 2.24) is 10.2 Å². The third-order valence-electron chi connectivity index (χ3n) is 3.62. The van der Waals surface area contributed by atoms with Crippen LogP contribution in [0, 0.1) is 5.82 Å². The first-order valence-electron chi connectivity index (χ1n) is 7.53. The maximum absolute atomic E-state index is 13.2. The summed E-state index contributed by atoms with van der Waals surface area (Å²) in [5.41, 5.74) is 1.16. The number of hydrogen-bond acceptors (Lipinski definition) is 2. The quantitative estimate of drug-likeness (QED) is 0.810. The van der Waals surface area contributed by atoms with Crippen molar-refractivity contribution in [2.75, 3.05) is 20.6 Å². The topological polar surface area (TPSA) is 32.3 Å². The molecule has 0 aliphatic rings. The summed E-state index contributed by atoms with van der Waals surface area (Å²) in [7, 11) is 3.91. The molecule has 0 fully saturated rings. The number of nitrogens with zero attached hydrogens (tertiary/aromatic N) is 1. The van der Waals surface area contributed by atoms with E-state index in [1.54, 1.807) is 24.3 Å². The van der Waals surface area contributed by atoms with Gasteiger partial charge in [0.1, 0.15) is 5.82 Å². The zero-order chi connectivity index (χ0) is 17.7. The summed E-state index contributed by atoms with van der Waals surface area (Å²) in [5.74, 6) is -0.620. The fourth-order valence-electron chi connectivity index (χ4n) is 2.31. The molecule has 0 aliphatic heterocycles. The van der Waals surface area contributed by atoms with Gasteiger partial charge in [-0.2, -0.15) is 0 Å². The van der Waals surface area contributed by atoms with Gasteiger partial charge in [0.15, 0.2) is 0 Å². The summed E-state index contributed by atoms with van der Waals surface area (Å²) in [6, 6.07) is 10.6. The summed E-state index contributed by atoms with van der Waals surface area (Å²) in [4.78, 5) is 14.6. The van der Waals surface area contributed by atoms with Crippen molar-refractivity contribution in [1.29, 1.82) is 0 Å². The summed E-state index contributed by atoms with van der Waals surface area (Å²) in [5, 5.41) is 3.74. The first-order valence-corrected chi connectivity index (χ1v) is 8.28. The minimum atomic E-state index is -0.311. The molecule has 1 unspecified atom stereocenters. The minimum Gasteiger partial charge on any atom is -0.345 e. The van der Waals surface area contributed by atoms with Crippen LogP contribution in [0.3, 0.4) is 0 Å². The first-order chi connectivity index (χ1) is 11.4. The Bertz CT molecular complexity index is 705. The summed E-state index contributed by atoms with van der Waals surface area (Å²) in [6.45, 7) is 0.769. The molecule has 0 bridgehead atoms. The molecule has 0 aliphatic carbocycles. The summed E-state index contributed by atoms with van der Waals surface area (Å²) in [6.07, 6.45) is 0.683. The van der Waals surface area contributed by atoms with Crippen LogP contribution in [0.4, 0.5) is 4.39 Å². The number of hydrogen-bond donors (Lipinski definition) is 1. The zero-order valence-electron chi connectivity index (χ0n) is 13.5. The van der Waals surface area contributed by atoms with E-state index in [0.717, 1.165) is 12.1 Å². The largest absolute Gasteiger partial charge is 0.345 e. The molecule has 1 amide bonds. The van der Waals surface area contributed by atoms with Gasteiger partial charge in [0.05, 0.1) is 16.6 Å². The zero-order valence-corrected chi connectivity index (χ0v) is 15.0. The molecule has 128 valence electrons. The predicted molar refractivity (Wildman–Crippen MR) is 96.2 cm³/mol. The van der Waals surface area contributed by atoms with E-state index in [4.69, 9.17) is 23.2 Å². The number of nitrogens with one attached hydrogen (secondary N) is 1. The van der Waals surface area contributed by atoms with Crippen LogP contribution in [0.25, 0.3) is 0 Å². The van der Waals surface area contributed by atoms with Crippen LogP contribution in [0.1, 0.15) is 28.4 Å². The van der Waals surface area contributed by atoms with Crippen molar-refractivity contribution >= 4 is 29.1 Å². The third kappa shape index (κ3) is 5.20. The van der Waals surface area contributed by atoms with Gasteiger partial charge in [0.2, 0.25) is 0 Å². The number of halogens is 3. The van der Waals surface area contributed by atoms with Crippen LogP contribution in [-0.2, 0) is 0 Å². The smallest absolute Gasteiger partial charge is 0.253 e. The first kappa shape index (κ1) is 18.7. The lowest BCUT2D eigenvalue weighted by Gasteiger charge is -2.21. The average molecular weight is 369 g/mol. The highest BCUT2D eigenvalue weighted by atomic mass is 35.5. The third-order valence-corrected chi connectivity index (χ3v) is 4.18. The SMILES string of the molecule is CN(C)CCC(NC(=O)c1cc(Cl)ccc1Cl)c1ccc(F)cc1. The Morgan fingerprint density at radius 1 is 1.17 bits per heavy atom. The van der Waals surface area contributed by atoms with E-state index in [0.29, 0.717) is 22.0 Å². The van der Waals surface area contributed by atoms with Crippen molar-refractivity contribution < 1.29 is 9.18 Å². The van der Waals surface area contributed by atoms with E-state index in [1.807, 2.05) is 19.0 Å². The van der Waals surface area contributed by atoms with Crippen LogP contribution in [0.2, 0.25) is 10.0 Å².